The van der Waals surface area contributed by atoms with Crippen molar-refractivity contribution in [1.29, 1.82) is 0 Å². The zero-order valence-electron chi connectivity index (χ0n) is 7.55. The minimum Gasteiger partial charge on any atom is -0.362 e. The van der Waals surface area contributed by atoms with E-state index in [0.717, 1.165) is 6.54 Å². The van der Waals surface area contributed by atoms with E-state index in [4.69, 9.17) is 12.2 Å². The number of rotatable bonds is 3. The minimum atomic E-state index is 0.342. The van der Waals surface area contributed by atoms with Gasteiger partial charge in [0.1, 0.15) is 0 Å². The molecule has 0 aromatic carbocycles. The normalized spacial score (nSPS) is 19.2. The molecule has 0 amide bonds. The molecule has 1 aliphatic carbocycles. The number of thiocarbonyl (C=S) groups is 1. The van der Waals surface area contributed by atoms with E-state index >= 15 is 0 Å². The van der Waals surface area contributed by atoms with Gasteiger partial charge in [-0.2, -0.15) is 5.10 Å². The van der Waals surface area contributed by atoms with Crippen LogP contribution < -0.4 is 10.7 Å². The number of hydrogen-bond acceptors (Lipinski definition) is 2. The van der Waals surface area contributed by atoms with Gasteiger partial charge in [-0.3, -0.25) is 5.43 Å². The van der Waals surface area contributed by atoms with Gasteiger partial charge in [0.25, 0.3) is 0 Å². The lowest BCUT2D eigenvalue weighted by atomic mass is 10.2. The van der Waals surface area contributed by atoms with Gasteiger partial charge in [0.15, 0.2) is 5.11 Å². The van der Waals surface area contributed by atoms with E-state index in [1.54, 1.807) is 0 Å². The first-order chi connectivity index (χ1) is 5.66. The predicted molar refractivity (Wildman–Crippen MR) is 55.2 cm³/mol. The van der Waals surface area contributed by atoms with Gasteiger partial charge in [-0.25, -0.2) is 0 Å². The maximum atomic E-state index is 4.93. The van der Waals surface area contributed by atoms with E-state index in [2.05, 4.69) is 22.8 Å². The van der Waals surface area contributed by atoms with Crippen LogP contribution in [0.5, 0.6) is 0 Å². The molecule has 12 heavy (non-hydrogen) atoms. The quantitative estimate of drug-likeness (QED) is 0.395. The standard InChI is InChI=1S/C8H15N3S/c1-3-9-7(12)11-10-6-8(2)4-5-8/h6H,3-5H2,1-2H3,(H2,9,11,12)/b10-6+. The molecule has 1 fully saturated rings. The van der Waals surface area contributed by atoms with E-state index in [0.29, 0.717) is 10.5 Å². The average molecular weight is 185 g/mol. The molecule has 2 N–H and O–H groups in total. The molecule has 0 saturated heterocycles. The summed E-state index contributed by atoms with van der Waals surface area (Å²) >= 11 is 4.93. The van der Waals surface area contributed by atoms with Gasteiger partial charge in [-0.1, -0.05) is 6.92 Å². The molecule has 0 aliphatic heterocycles. The van der Waals surface area contributed by atoms with Crippen molar-refractivity contribution in [2.75, 3.05) is 6.54 Å². The van der Waals surface area contributed by atoms with Gasteiger partial charge >= 0.3 is 0 Å². The molecule has 0 aromatic heterocycles. The smallest absolute Gasteiger partial charge is 0.186 e. The molecule has 1 rings (SSSR count). The summed E-state index contributed by atoms with van der Waals surface area (Å²) in [4.78, 5) is 0. The topological polar surface area (TPSA) is 36.4 Å². The number of nitrogens with zero attached hydrogens (tertiary/aromatic N) is 1. The largest absolute Gasteiger partial charge is 0.362 e. The van der Waals surface area contributed by atoms with Gasteiger partial charge in [-0.15, -0.1) is 0 Å². The highest BCUT2D eigenvalue weighted by Gasteiger charge is 2.35. The summed E-state index contributed by atoms with van der Waals surface area (Å²) in [6.07, 6.45) is 4.43. The Morgan fingerprint density at radius 3 is 2.83 bits per heavy atom. The van der Waals surface area contributed by atoms with Crippen molar-refractivity contribution in [3.8, 4) is 0 Å². The molecular formula is C8H15N3S. The van der Waals surface area contributed by atoms with Crippen molar-refractivity contribution < 1.29 is 0 Å². The number of hydrogen-bond donors (Lipinski definition) is 2. The maximum absolute atomic E-state index is 4.93. The second-order valence-corrected chi connectivity index (χ2v) is 3.79. The monoisotopic (exact) mass is 185 g/mol. The number of nitrogens with one attached hydrogen (secondary N) is 2. The van der Waals surface area contributed by atoms with Crippen LogP contribution in [-0.2, 0) is 0 Å². The third-order valence-electron chi connectivity index (χ3n) is 1.92. The highest BCUT2D eigenvalue weighted by atomic mass is 32.1. The zero-order chi connectivity index (χ0) is 9.03. The SMILES string of the molecule is CCNC(=S)N/N=C/C1(C)CC1. The van der Waals surface area contributed by atoms with Crippen molar-refractivity contribution in [2.24, 2.45) is 10.5 Å². The van der Waals surface area contributed by atoms with E-state index in [1.165, 1.54) is 12.8 Å². The summed E-state index contributed by atoms with van der Waals surface area (Å²) in [6.45, 7) is 5.02. The molecule has 4 heteroatoms. The molecule has 0 radical (unpaired) electrons. The van der Waals surface area contributed by atoms with Crippen molar-refractivity contribution >= 4 is 23.5 Å². The van der Waals surface area contributed by atoms with Gasteiger partial charge in [-0.05, 0) is 32.0 Å². The van der Waals surface area contributed by atoms with Crippen LogP contribution in [0.25, 0.3) is 0 Å². The van der Waals surface area contributed by atoms with Crippen LogP contribution >= 0.6 is 12.2 Å². The fourth-order valence-corrected chi connectivity index (χ4v) is 0.970. The third kappa shape index (κ3) is 3.17. The second-order valence-electron chi connectivity index (χ2n) is 3.38. The molecule has 0 unspecified atom stereocenters. The Kier molecular flexibility index (Phi) is 3.03. The highest BCUT2D eigenvalue weighted by Crippen LogP contribution is 2.42. The third-order valence-corrected chi connectivity index (χ3v) is 2.15. The lowest BCUT2D eigenvalue weighted by molar-refractivity contribution is 0.806. The van der Waals surface area contributed by atoms with Crippen LogP contribution in [0, 0.1) is 5.41 Å². The van der Waals surface area contributed by atoms with Crippen LogP contribution in [0.2, 0.25) is 0 Å². The lowest BCUT2D eigenvalue weighted by Crippen LogP contribution is -2.31. The van der Waals surface area contributed by atoms with Crippen LogP contribution in [0.15, 0.2) is 5.10 Å². The van der Waals surface area contributed by atoms with Crippen molar-refractivity contribution in [1.82, 2.24) is 10.7 Å². The summed E-state index contributed by atoms with van der Waals surface area (Å²) in [5.74, 6) is 0. The predicted octanol–water partition coefficient (Wildman–Crippen LogP) is 1.26. The van der Waals surface area contributed by atoms with Gasteiger partial charge in [0, 0.05) is 18.2 Å². The molecule has 0 spiro atoms. The van der Waals surface area contributed by atoms with Gasteiger partial charge < -0.3 is 5.32 Å². The first-order valence-electron chi connectivity index (χ1n) is 4.24. The van der Waals surface area contributed by atoms with Crippen LogP contribution in [0.4, 0.5) is 0 Å². The molecule has 1 saturated carbocycles. The molecular weight excluding hydrogens is 170 g/mol. The second kappa shape index (κ2) is 3.85. The van der Waals surface area contributed by atoms with Crippen molar-refractivity contribution in [3.63, 3.8) is 0 Å². The summed E-state index contributed by atoms with van der Waals surface area (Å²) in [5, 5.41) is 7.60. The molecule has 0 aromatic rings. The summed E-state index contributed by atoms with van der Waals surface area (Å²) in [6, 6.07) is 0. The summed E-state index contributed by atoms with van der Waals surface area (Å²) in [5.41, 5.74) is 3.11. The summed E-state index contributed by atoms with van der Waals surface area (Å²) < 4.78 is 0. The highest BCUT2D eigenvalue weighted by molar-refractivity contribution is 7.80. The molecule has 68 valence electrons. The summed E-state index contributed by atoms with van der Waals surface area (Å²) in [7, 11) is 0. The fraction of sp³-hybridized carbons (Fsp3) is 0.750. The fourth-order valence-electron chi connectivity index (χ4n) is 0.773. The van der Waals surface area contributed by atoms with Gasteiger partial charge in [0.2, 0.25) is 0 Å². The Labute approximate surface area is 78.6 Å². The van der Waals surface area contributed by atoms with E-state index in [-0.39, 0.29) is 0 Å². The van der Waals surface area contributed by atoms with Gasteiger partial charge in [0.05, 0.1) is 0 Å². The Balaban J connectivity index is 2.16. The van der Waals surface area contributed by atoms with Crippen LogP contribution in [0.1, 0.15) is 26.7 Å². The Morgan fingerprint density at radius 1 is 1.67 bits per heavy atom. The Hall–Kier alpha value is -0.640. The molecule has 0 heterocycles. The average Bonchev–Trinajstić information content (AvgIpc) is 2.69. The molecule has 0 bridgehead atoms. The van der Waals surface area contributed by atoms with Crippen molar-refractivity contribution in [2.45, 2.75) is 26.7 Å². The van der Waals surface area contributed by atoms with Crippen LogP contribution in [-0.4, -0.2) is 17.9 Å². The van der Waals surface area contributed by atoms with Crippen molar-refractivity contribution in [3.05, 3.63) is 0 Å². The number of hydrazone groups is 1. The zero-order valence-corrected chi connectivity index (χ0v) is 8.37. The molecule has 3 nitrogen and oxygen atoms in total. The van der Waals surface area contributed by atoms with E-state index < -0.39 is 0 Å². The first-order valence-corrected chi connectivity index (χ1v) is 4.65. The molecule has 1 aliphatic rings. The maximum Gasteiger partial charge on any atom is 0.186 e. The lowest BCUT2D eigenvalue weighted by Gasteiger charge is -2.03. The molecule has 0 atom stereocenters. The van der Waals surface area contributed by atoms with Crippen LogP contribution in [0.3, 0.4) is 0 Å². The first kappa shape index (κ1) is 9.45. The Bertz CT molecular complexity index is 196. The van der Waals surface area contributed by atoms with E-state index in [1.807, 2.05) is 13.1 Å². The minimum absolute atomic E-state index is 0.342. The van der Waals surface area contributed by atoms with E-state index in [9.17, 15) is 0 Å². The Morgan fingerprint density at radius 2 is 2.33 bits per heavy atom.